The van der Waals surface area contributed by atoms with Gasteiger partial charge in [0.15, 0.2) is 6.61 Å². The molecular weight excluding hydrogens is 356 g/mol. The second-order valence-corrected chi connectivity index (χ2v) is 7.28. The maximum Gasteiger partial charge on any atom is 0.338 e. The average molecular weight is 376 g/mol. The van der Waals surface area contributed by atoms with Gasteiger partial charge in [-0.3, -0.25) is 4.79 Å². The van der Waals surface area contributed by atoms with Crippen molar-refractivity contribution in [2.24, 2.45) is 0 Å². The molecule has 0 saturated heterocycles. The molecule has 0 aliphatic heterocycles. The minimum Gasteiger partial charge on any atom is -0.452 e. The molecule has 0 heterocycles. The first-order valence-electron chi connectivity index (χ1n) is 7.85. The molecule has 26 heavy (non-hydrogen) atoms. The molecule has 2 aromatic rings. The van der Waals surface area contributed by atoms with Crippen molar-refractivity contribution in [3.8, 4) is 0 Å². The van der Waals surface area contributed by atoms with E-state index in [2.05, 4.69) is 10.0 Å². The molecule has 0 radical (unpaired) electrons. The molecule has 2 N–H and O–H groups in total. The Bertz CT molecular complexity index is 895. The topological polar surface area (TPSA) is 102 Å². The number of amides is 1. The summed E-state index contributed by atoms with van der Waals surface area (Å²) >= 11 is 0. The van der Waals surface area contributed by atoms with E-state index in [4.69, 9.17) is 4.74 Å². The zero-order valence-electron chi connectivity index (χ0n) is 14.5. The van der Waals surface area contributed by atoms with Crippen molar-refractivity contribution in [3.05, 3.63) is 65.2 Å². The highest BCUT2D eigenvalue weighted by molar-refractivity contribution is 7.89. The van der Waals surface area contributed by atoms with Crippen molar-refractivity contribution in [2.75, 3.05) is 13.7 Å². The molecule has 0 atom stereocenters. The fraction of sp³-hybridized carbons (Fsp3) is 0.222. The summed E-state index contributed by atoms with van der Waals surface area (Å²) < 4.78 is 32.5. The first-order chi connectivity index (χ1) is 12.3. The molecule has 0 spiro atoms. The third-order valence-electron chi connectivity index (χ3n) is 3.64. The van der Waals surface area contributed by atoms with E-state index in [1.165, 1.54) is 25.2 Å². The van der Waals surface area contributed by atoms with Gasteiger partial charge in [-0.05, 0) is 30.2 Å². The Morgan fingerprint density at radius 2 is 1.77 bits per heavy atom. The van der Waals surface area contributed by atoms with Gasteiger partial charge in [0.1, 0.15) is 0 Å². The van der Waals surface area contributed by atoms with Gasteiger partial charge in [0.25, 0.3) is 5.91 Å². The maximum atomic E-state index is 12.6. The smallest absolute Gasteiger partial charge is 0.338 e. The molecule has 2 aromatic carbocycles. The van der Waals surface area contributed by atoms with Crippen LogP contribution in [0.4, 0.5) is 0 Å². The van der Waals surface area contributed by atoms with Gasteiger partial charge < -0.3 is 10.1 Å². The Balaban J connectivity index is 2.17. The van der Waals surface area contributed by atoms with Crippen LogP contribution in [0.25, 0.3) is 0 Å². The van der Waals surface area contributed by atoms with Gasteiger partial charge in [0.2, 0.25) is 10.0 Å². The van der Waals surface area contributed by atoms with Crippen LogP contribution < -0.4 is 10.0 Å². The average Bonchev–Trinajstić information content (AvgIpc) is 2.65. The summed E-state index contributed by atoms with van der Waals surface area (Å²) in [4.78, 5) is 23.2. The Kier molecular flexibility index (Phi) is 6.48. The fourth-order valence-corrected chi connectivity index (χ4v) is 3.44. The molecule has 0 aliphatic carbocycles. The third-order valence-corrected chi connectivity index (χ3v) is 5.18. The van der Waals surface area contributed by atoms with E-state index < -0.39 is 28.5 Å². The number of hydrogen-bond acceptors (Lipinski definition) is 5. The lowest BCUT2D eigenvalue weighted by Gasteiger charge is -2.11. The van der Waals surface area contributed by atoms with Gasteiger partial charge in [-0.1, -0.05) is 36.4 Å². The molecule has 0 aliphatic rings. The summed E-state index contributed by atoms with van der Waals surface area (Å²) in [7, 11) is -2.40. The molecule has 0 bridgehead atoms. The molecule has 0 aromatic heterocycles. The summed E-state index contributed by atoms with van der Waals surface area (Å²) in [5.74, 6) is -1.23. The predicted molar refractivity (Wildman–Crippen MR) is 96.0 cm³/mol. The van der Waals surface area contributed by atoms with E-state index in [-0.39, 0.29) is 17.0 Å². The predicted octanol–water partition coefficient (Wildman–Crippen LogP) is 1.38. The summed E-state index contributed by atoms with van der Waals surface area (Å²) in [6.45, 7) is 1.34. The van der Waals surface area contributed by atoms with E-state index in [0.717, 1.165) is 5.56 Å². The molecule has 0 unspecified atom stereocenters. The minimum absolute atomic E-state index is 0.0113. The lowest BCUT2D eigenvalue weighted by Crippen LogP contribution is -2.26. The maximum absolute atomic E-state index is 12.6. The van der Waals surface area contributed by atoms with Crippen molar-refractivity contribution in [2.45, 2.75) is 18.4 Å². The van der Waals surface area contributed by atoms with Crippen molar-refractivity contribution >= 4 is 21.9 Å². The number of ether oxygens (including phenoxy) is 1. The van der Waals surface area contributed by atoms with Crippen LogP contribution in [0.2, 0.25) is 0 Å². The second kappa shape index (κ2) is 8.59. The van der Waals surface area contributed by atoms with Gasteiger partial charge >= 0.3 is 5.97 Å². The number of likely N-dealkylation sites (N-methyl/N-ethyl adjacent to an activating group) is 1. The Morgan fingerprint density at radius 3 is 2.42 bits per heavy atom. The number of carbonyl (C=O) groups is 2. The molecule has 7 nitrogen and oxygen atoms in total. The standard InChI is InChI=1S/C18H20N2O5S/c1-13-8-9-15(18(22)25-12-17(21)19-2)10-16(13)26(23,24)20-11-14-6-4-3-5-7-14/h3-10,20H,11-12H2,1-2H3,(H,19,21). The lowest BCUT2D eigenvalue weighted by atomic mass is 10.1. The number of benzene rings is 2. The lowest BCUT2D eigenvalue weighted by molar-refractivity contribution is -0.123. The molecule has 0 saturated carbocycles. The molecular formula is C18H20N2O5S. The number of aryl methyl sites for hydroxylation is 1. The zero-order chi connectivity index (χ0) is 19.2. The number of esters is 1. The SMILES string of the molecule is CNC(=O)COC(=O)c1ccc(C)c(S(=O)(=O)NCc2ccccc2)c1. The van der Waals surface area contributed by atoms with Crippen LogP contribution in [0.5, 0.6) is 0 Å². The van der Waals surface area contributed by atoms with Gasteiger partial charge in [0, 0.05) is 13.6 Å². The summed E-state index contributed by atoms with van der Waals surface area (Å²) in [6, 6.07) is 13.3. The largest absolute Gasteiger partial charge is 0.452 e. The first kappa shape index (κ1) is 19.6. The summed E-state index contributed by atoms with van der Waals surface area (Å²) in [6.07, 6.45) is 0. The van der Waals surface area contributed by atoms with Crippen LogP contribution in [0.3, 0.4) is 0 Å². The van der Waals surface area contributed by atoms with Crippen LogP contribution in [0.1, 0.15) is 21.5 Å². The van der Waals surface area contributed by atoms with Gasteiger partial charge in [-0.25, -0.2) is 17.9 Å². The second-order valence-electron chi connectivity index (χ2n) is 5.54. The summed E-state index contributed by atoms with van der Waals surface area (Å²) in [5, 5.41) is 2.33. The molecule has 138 valence electrons. The molecule has 1 amide bonds. The van der Waals surface area contributed by atoms with E-state index in [9.17, 15) is 18.0 Å². The van der Waals surface area contributed by atoms with E-state index in [1.807, 2.05) is 30.3 Å². The van der Waals surface area contributed by atoms with E-state index >= 15 is 0 Å². The van der Waals surface area contributed by atoms with Crippen molar-refractivity contribution in [1.29, 1.82) is 0 Å². The van der Waals surface area contributed by atoms with Gasteiger partial charge in [-0.15, -0.1) is 0 Å². The molecule has 2 rings (SSSR count). The Labute approximate surface area is 152 Å². The highest BCUT2D eigenvalue weighted by Crippen LogP contribution is 2.18. The zero-order valence-corrected chi connectivity index (χ0v) is 15.3. The van der Waals surface area contributed by atoms with E-state index in [0.29, 0.717) is 5.56 Å². The van der Waals surface area contributed by atoms with Crippen molar-refractivity contribution in [1.82, 2.24) is 10.0 Å². The van der Waals surface area contributed by atoms with Crippen molar-refractivity contribution < 1.29 is 22.7 Å². The highest BCUT2D eigenvalue weighted by Gasteiger charge is 2.20. The normalized spacial score (nSPS) is 11.0. The van der Waals surface area contributed by atoms with Crippen LogP contribution in [-0.2, 0) is 26.1 Å². The third kappa shape index (κ3) is 5.14. The summed E-state index contributed by atoms with van der Waals surface area (Å²) in [5.41, 5.74) is 1.36. The number of hydrogen-bond donors (Lipinski definition) is 2. The molecule has 8 heteroatoms. The Morgan fingerprint density at radius 1 is 1.08 bits per heavy atom. The fourth-order valence-electron chi connectivity index (χ4n) is 2.16. The van der Waals surface area contributed by atoms with E-state index in [1.54, 1.807) is 6.92 Å². The number of nitrogens with one attached hydrogen (secondary N) is 2. The van der Waals surface area contributed by atoms with Crippen LogP contribution in [0.15, 0.2) is 53.4 Å². The van der Waals surface area contributed by atoms with Crippen LogP contribution in [0, 0.1) is 6.92 Å². The number of rotatable bonds is 7. The Hall–Kier alpha value is -2.71. The first-order valence-corrected chi connectivity index (χ1v) is 9.34. The number of sulfonamides is 1. The van der Waals surface area contributed by atoms with Gasteiger partial charge in [-0.2, -0.15) is 0 Å². The highest BCUT2D eigenvalue weighted by atomic mass is 32.2. The number of carbonyl (C=O) groups excluding carboxylic acids is 2. The van der Waals surface area contributed by atoms with Crippen LogP contribution in [-0.4, -0.2) is 33.9 Å². The molecule has 0 fully saturated rings. The minimum atomic E-state index is -3.82. The van der Waals surface area contributed by atoms with Gasteiger partial charge in [0.05, 0.1) is 10.5 Å². The van der Waals surface area contributed by atoms with Crippen molar-refractivity contribution in [3.63, 3.8) is 0 Å². The monoisotopic (exact) mass is 376 g/mol. The quantitative estimate of drug-likeness (QED) is 0.711. The van der Waals surface area contributed by atoms with Crippen LogP contribution >= 0.6 is 0 Å².